The summed E-state index contributed by atoms with van der Waals surface area (Å²) >= 11 is 5.31. The number of aromatic nitrogens is 1. The second kappa shape index (κ2) is 9.70. The quantitative estimate of drug-likeness (QED) is 0.238. The van der Waals surface area contributed by atoms with Gasteiger partial charge in [0.25, 0.3) is 11.8 Å². The SMILES string of the molecule is O=C1NC(=S)N(c2ccc(Oc3ccccc3)cc2)C(=O)C1=Cc1cccc(-c2ccncc2)c1. The Morgan fingerprint density at radius 2 is 1.51 bits per heavy atom. The Labute approximate surface area is 207 Å². The molecule has 0 spiro atoms. The van der Waals surface area contributed by atoms with Crippen LogP contribution in [0.3, 0.4) is 0 Å². The molecule has 0 atom stereocenters. The van der Waals surface area contributed by atoms with Gasteiger partial charge in [-0.05, 0) is 89.6 Å². The number of amides is 2. The van der Waals surface area contributed by atoms with E-state index in [1.54, 1.807) is 42.7 Å². The molecule has 0 radical (unpaired) electrons. The number of nitrogens with one attached hydrogen (secondary N) is 1. The fraction of sp³-hybridized carbons (Fsp3) is 0. The van der Waals surface area contributed by atoms with Crippen molar-refractivity contribution in [1.82, 2.24) is 10.3 Å². The Morgan fingerprint density at radius 3 is 2.26 bits per heavy atom. The smallest absolute Gasteiger partial charge is 0.270 e. The van der Waals surface area contributed by atoms with Crippen LogP contribution >= 0.6 is 12.2 Å². The van der Waals surface area contributed by atoms with Gasteiger partial charge in [0.15, 0.2) is 5.11 Å². The van der Waals surface area contributed by atoms with Crippen LogP contribution in [0, 0.1) is 0 Å². The summed E-state index contributed by atoms with van der Waals surface area (Å²) in [6.07, 6.45) is 5.01. The summed E-state index contributed by atoms with van der Waals surface area (Å²) in [6.45, 7) is 0. The molecule has 1 aliphatic heterocycles. The number of benzene rings is 3. The van der Waals surface area contributed by atoms with Crippen LogP contribution < -0.4 is 15.0 Å². The van der Waals surface area contributed by atoms with Gasteiger partial charge in [-0.25, -0.2) is 0 Å². The van der Waals surface area contributed by atoms with Crippen molar-refractivity contribution in [3.05, 3.63) is 115 Å². The van der Waals surface area contributed by atoms with Crippen LogP contribution in [0.1, 0.15) is 5.56 Å². The molecule has 2 amide bonds. The summed E-state index contributed by atoms with van der Waals surface area (Å²) < 4.78 is 5.82. The first-order valence-corrected chi connectivity index (χ1v) is 11.2. The van der Waals surface area contributed by atoms with Gasteiger partial charge in [-0.2, -0.15) is 0 Å². The van der Waals surface area contributed by atoms with Gasteiger partial charge in [-0.3, -0.25) is 24.8 Å². The molecule has 1 aromatic heterocycles. The van der Waals surface area contributed by atoms with Crippen LogP contribution in [0.15, 0.2) is 109 Å². The summed E-state index contributed by atoms with van der Waals surface area (Å²) in [6, 6.07) is 27.7. The van der Waals surface area contributed by atoms with Gasteiger partial charge in [0, 0.05) is 12.4 Å². The zero-order valence-corrected chi connectivity index (χ0v) is 19.2. The van der Waals surface area contributed by atoms with Crippen molar-refractivity contribution in [3.8, 4) is 22.6 Å². The molecule has 1 aliphatic rings. The normalized spacial score (nSPS) is 14.7. The van der Waals surface area contributed by atoms with Crippen LogP contribution in [0.25, 0.3) is 17.2 Å². The number of carbonyl (C=O) groups is 2. The zero-order valence-electron chi connectivity index (χ0n) is 18.4. The first-order chi connectivity index (χ1) is 17.1. The Bertz CT molecular complexity index is 1440. The highest BCUT2D eigenvalue weighted by molar-refractivity contribution is 7.80. The van der Waals surface area contributed by atoms with E-state index in [4.69, 9.17) is 17.0 Å². The third-order valence-electron chi connectivity index (χ3n) is 5.39. The third-order valence-corrected chi connectivity index (χ3v) is 5.67. The topological polar surface area (TPSA) is 71.5 Å². The van der Waals surface area contributed by atoms with E-state index >= 15 is 0 Å². The third kappa shape index (κ3) is 4.85. The highest BCUT2D eigenvalue weighted by atomic mass is 32.1. The summed E-state index contributed by atoms with van der Waals surface area (Å²) in [5.41, 5.74) is 3.18. The fourth-order valence-corrected chi connectivity index (χ4v) is 3.98. The lowest BCUT2D eigenvalue weighted by molar-refractivity contribution is -0.122. The minimum atomic E-state index is -0.533. The molecule has 35 heavy (non-hydrogen) atoms. The van der Waals surface area contributed by atoms with E-state index < -0.39 is 11.8 Å². The predicted molar refractivity (Wildman–Crippen MR) is 139 cm³/mol. The van der Waals surface area contributed by atoms with Crippen molar-refractivity contribution >= 4 is 40.9 Å². The number of thiocarbonyl (C=S) groups is 1. The molecule has 0 aliphatic carbocycles. The molecular formula is C28H19N3O3S. The number of nitrogens with zero attached hydrogens (tertiary/aromatic N) is 2. The summed E-state index contributed by atoms with van der Waals surface area (Å²) in [5, 5.41) is 2.65. The van der Waals surface area contributed by atoms with Crippen LogP contribution in [0.5, 0.6) is 11.5 Å². The van der Waals surface area contributed by atoms with Crippen molar-refractivity contribution in [2.24, 2.45) is 0 Å². The standard InChI is InChI=1S/C28H19N3O3S/c32-26-25(18-19-5-4-6-21(17-19)20-13-15-29-16-14-20)27(33)31(28(35)30-26)22-9-11-24(12-10-22)34-23-7-2-1-3-8-23/h1-18H,(H,30,32,35). The molecule has 2 heterocycles. The molecule has 5 rings (SSSR count). The average Bonchev–Trinajstić information content (AvgIpc) is 2.89. The van der Waals surface area contributed by atoms with Crippen LogP contribution in [0.4, 0.5) is 5.69 Å². The Hall–Kier alpha value is -4.62. The molecule has 7 heteroatoms. The van der Waals surface area contributed by atoms with E-state index in [1.165, 1.54) is 4.90 Å². The minimum absolute atomic E-state index is 0.00455. The fourth-order valence-electron chi connectivity index (χ4n) is 3.70. The lowest BCUT2D eigenvalue weighted by Crippen LogP contribution is -2.54. The van der Waals surface area contributed by atoms with Gasteiger partial charge in [-0.1, -0.05) is 36.4 Å². The summed E-state index contributed by atoms with van der Waals surface area (Å²) in [4.78, 5) is 31.4. The number of ether oxygens (including phenoxy) is 1. The van der Waals surface area contributed by atoms with Gasteiger partial charge >= 0.3 is 0 Å². The number of carbonyl (C=O) groups excluding carboxylic acids is 2. The van der Waals surface area contributed by atoms with E-state index in [0.29, 0.717) is 17.2 Å². The molecular weight excluding hydrogens is 458 g/mol. The minimum Gasteiger partial charge on any atom is -0.457 e. The number of pyridine rings is 1. The van der Waals surface area contributed by atoms with E-state index in [2.05, 4.69) is 10.3 Å². The van der Waals surface area contributed by atoms with Crippen molar-refractivity contribution < 1.29 is 14.3 Å². The number of anilines is 1. The zero-order chi connectivity index (χ0) is 24.2. The highest BCUT2D eigenvalue weighted by Crippen LogP contribution is 2.27. The molecule has 4 aromatic rings. The molecule has 0 bridgehead atoms. The first kappa shape index (κ1) is 22.2. The number of hydrogen-bond donors (Lipinski definition) is 1. The Balaban J connectivity index is 1.41. The van der Waals surface area contributed by atoms with Gasteiger partial charge < -0.3 is 4.74 Å². The van der Waals surface area contributed by atoms with E-state index in [-0.39, 0.29) is 10.7 Å². The molecule has 1 fully saturated rings. The Kier molecular flexibility index (Phi) is 6.15. The lowest BCUT2D eigenvalue weighted by atomic mass is 10.0. The van der Waals surface area contributed by atoms with Gasteiger partial charge in [0.1, 0.15) is 17.1 Å². The predicted octanol–water partition coefficient (Wildman–Crippen LogP) is 5.37. The van der Waals surface area contributed by atoms with Crippen molar-refractivity contribution in [3.63, 3.8) is 0 Å². The van der Waals surface area contributed by atoms with Crippen LogP contribution in [-0.2, 0) is 9.59 Å². The summed E-state index contributed by atoms with van der Waals surface area (Å²) in [7, 11) is 0. The number of para-hydroxylation sites is 1. The molecule has 0 unspecified atom stereocenters. The van der Waals surface area contributed by atoms with Crippen LogP contribution in [-0.4, -0.2) is 21.9 Å². The molecule has 1 N–H and O–H groups in total. The number of hydrogen-bond acceptors (Lipinski definition) is 5. The molecule has 170 valence electrons. The maximum absolute atomic E-state index is 13.4. The van der Waals surface area contributed by atoms with Crippen molar-refractivity contribution in [2.45, 2.75) is 0 Å². The average molecular weight is 478 g/mol. The maximum Gasteiger partial charge on any atom is 0.270 e. The van der Waals surface area contributed by atoms with Crippen molar-refractivity contribution in [2.75, 3.05) is 4.90 Å². The van der Waals surface area contributed by atoms with Crippen LogP contribution in [0.2, 0.25) is 0 Å². The molecule has 0 saturated carbocycles. The highest BCUT2D eigenvalue weighted by Gasteiger charge is 2.34. The maximum atomic E-state index is 13.4. The van der Waals surface area contributed by atoms with E-state index in [9.17, 15) is 9.59 Å². The molecule has 6 nitrogen and oxygen atoms in total. The molecule has 1 saturated heterocycles. The monoisotopic (exact) mass is 477 g/mol. The largest absolute Gasteiger partial charge is 0.457 e. The second-order valence-corrected chi connectivity index (χ2v) is 8.11. The molecule has 3 aromatic carbocycles. The second-order valence-electron chi connectivity index (χ2n) is 7.73. The van der Waals surface area contributed by atoms with E-state index in [0.717, 1.165) is 16.7 Å². The van der Waals surface area contributed by atoms with Crippen molar-refractivity contribution in [1.29, 1.82) is 0 Å². The Morgan fingerprint density at radius 1 is 0.800 bits per heavy atom. The van der Waals surface area contributed by atoms with E-state index in [1.807, 2.05) is 66.7 Å². The lowest BCUT2D eigenvalue weighted by Gasteiger charge is -2.29. The van der Waals surface area contributed by atoms with Gasteiger partial charge in [0.2, 0.25) is 0 Å². The number of rotatable bonds is 5. The van der Waals surface area contributed by atoms with Gasteiger partial charge in [0.05, 0.1) is 5.69 Å². The van der Waals surface area contributed by atoms with Gasteiger partial charge in [-0.15, -0.1) is 0 Å². The first-order valence-electron chi connectivity index (χ1n) is 10.8. The summed E-state index contributed by atoms with van der Waals surface area (Å²) in [5.74, 6) is 0.291.